The van der Waals surface area contributed by atoms with Gasteiger partial charge in [-0.1, -0.05) is 192 Å². The lowest BCUT2D eigenvalue weighted by molar-refractivity contribution is 0.589. The Kier molecular flexibility index (Phi) is 10.2. The summed E-state index contributed by atoms with van der Waals surface area (Å²) in [6, 6.07) is 42.7. The normalized spacial score (nSPS) is 13.0. The summed E-state index contributed by atoms with van der Waals surface area (Å²) in [5, 5.41) is 0. The van der Waals surface area contributed by atoms with Gasteiger partial charge in [0.2, 0.25) is 0 Å². The number of hydrogen-bond acceptors (Lipinski definition) is 0. The largest absolute Gasteiger partial charge is 0.0582 e. The molecule has 0 aliphatic heterocycles. The molecule has 5 rings (SSSR count). The first-order valence-corrected chi connectivity index (χ1v) is 18.7. The van der Waals surface area contributed by atoms with Crippen LogP contribution in [0, 0.1) is 13.8 Å². The van der Waals surface area contributed by atoms with E-state index in [1.165, 1.54) is 66.8 Å². The highest BCUT2D eigenvalue weighted by Gasteiger charge is 2.27. The SMILES string of the molecule is Cc1cc(C)c(C(c2ccc(C(C)(C)C)cc2)c2ccc(C(C)(C)C)cc2)cc1C(c1ccc(C(C)(C)C)cc1)c1ccc(C(C)(C)C)cc1. The summed E-state index contributed by atoms with van der Waals surface area (Å²) in [7, 11) is 0. The van der Waals surface area contributed by atoms with Gasteiger partial charge in [0.25, 0.3) is 0 Å². The first kappa shape index (κ1) is 37.4. The highest BCUT2D eigenvalue weighted by molar-refractivity contribution is 5.55. The van der Waals surface area contributed by atoms with Gasteiger partial charge in [-0.2, -0.15) is 0 Å². The Bertz CT molecular complexity index is 1630. The van der Waals surface area contributed by atoms with E-state index in [1.807, 2.05) is 0 Å². The summed E-state index contributed by atoms with van der Waals surface area (Å²) in [6.07, 6.45) is 0. The van der Waals surface area contributed by atoms with Crippen molar-refractivity contribution < 1.29 is 0 Å². The molecule has 50 heavy (non-hydrogen) atoms. The molecule has 0 aliphatic rings. The van der Waals surface area contributed by atoms with Crippen LogP contribution in [0.15, 0.2) is 109 Å². The van der Waals surface area contributed by atoms with E-state index in [4.69, 9.17) is 0 Å². The van der Waals surface area contributed by atoms with Gasteiger partial charge in [-0.15, -0.1) is 0 Å². The molecule has 0 fully saturated rings. The minimum absolute atomic E-state index is 0.105. The maximum absolute atomic E-state index is 2.55. The summed E-state index contributed by atoms with van der Waals surface area (Å²) >= 11 is 0. The third kappa shape index (κ3) is 8.18. The maximum atomic E-state index is 2.55. The molecule has 0 spiro atoms. The molecule has 0 unspecified atom stereocenters. The van der Waals surface area contributed by atoms with Crippen LogP contribution in [0.1, 0.15) is 162 Å². The summed E-state index contributed by atoms with van der Waals surface area (Å²) < 4.78 is 0. The highest BCUT2D eigenvalue weighted by Crippen LogP contribution is 2.42. The van der Waals surface area contributed by atoms with Gasteiger partial charge in [0, 0.05) is 11.8 Å². The zero-order chi connectivity index (χ0) is 36.8. The lowest BCUT2D eigenvalue weighted by Gasteiger charge is -2.28. The number of rotatable bonds is 6. The topological polar surface area (TPSA) is 0 Å². The van der Waals surface area contributed by atoms with Crippen LogP contribution in [0.3, 0.4) is 0 Å². The second-order valence-corrected chi connectivity index (χ2v) is 18.9. The standard InChI is InChI=1S/C50H62/c1-33-31-34(2)44(46(37-19-27-41(28-20-37)49(9,10)11)38-21-29-42(30-22-38)50(12,13)14)32-43(33)45(35-15-23-39(24-16-35)47(3,4)5)36-17-25-40(26-18-36)48(6,7)8/h15-32,45-46H,1-14H3. The predicted octanol–water partition coefficient (Wildman–Crippen LogP) is 13.9. The molecule has 0 saturated heterocycles. The van der Waals surface area contributed by atoms with Crippen molar-refractivity contribution in [2.75, 3.05) is 0 Å². The van der Waals surface area contributed by atoms with E-state index in [-0.39, 0.29) is 33.5 Å². The first-order chi connectivity index (χ1) is 23.1. The quantitative estimate of drug-likeness (QED) is 0.159. The highest BCUT2D eigenvalue weighted by atomic mass is 14.3. The molecule has 0 atom stereocenters. The number of benzene rings is 5. The predicted molar refractivity (Wildman–Crippen MR) is 218 cm³/mol. The second-order valence-electron chi connectivity index (χ2n) is 18.9. The number of aryl methyl sites for hydroxylation is 2. The molecule has 0 aromatic heterocycles. The second kappa shape index (κ2) is 13.7. The molecular weight excluding hydrogens is 601 g/mol. The van der Waals surface area contributed by atoms with Gasteiger partial charge in [-0.3, -0.25) is 0 Å². The van der Waals surface area contributed by atoms with Gasteiger partial charge in [0.05, 0.1) is 0 Å². The van der Waals surface area contributed by atoms with E-state index >= 15 is 0 Å². The third-order valence-electron chi connectivity index (χ3n) is 10.7. The molecule has 5 aromatic rings. The molecule has 0 heterocycles. The molecular formula is C50H62. The molecule has 0 nitrogen and oxygen atoms in total. The summed E-state index contributed by atoms with van der Waals surface area (Å²) in [6.45, 7) is 32.1. The lowest BCUT2D eigenvalue weighted by Crippen LogP contribution is -2.14. The van der Waals surface area contributed by atoms with E-state index in [2.05, 4.69) is 206 Å². The molecule has 262 valence electrons. The van der Waals surface area contributed by atoms with Crippen LogP contribution >= 0.6 is 0 Å². The Hall–Kier alpha value is -3.90. The molecule has 0 saturated carbocycles. The molecule has 0 heteroatoms. The summed E-state index contributed by atoms with van der Waals surface area (Å²) in [5.74, 6) is 0.231. The number of hydrogen-bond donors (Lipinski definition) is 0. The van der Waals surface area contributed by atoms with Gasteiger partial charge >= 0.3 is 0 Å². The fourth-order valence-corrected chi connectivity index (χ4v) is 7.31. The third-order valence-corrected chi connectivity index (χ3v) is 10.7. The van der Waals surface area contributed by atoms with Crippen LogP contribution in [0.5, 0.6) is 0 Å². The molecule has 0 N–H and O–H groups in total. The summed E-state index contributed by atoms with van der Waals surface area (Å²) in [4.78, 5) is 0. The van der Waals surface area contributed by atoms with E-state index in [9.17, 15) is 0 Å². The van der Waals surface area contributed by atoms with Crippen molar-refractivity contribution in [3.05, 3.63) is 176 Å². The fraction of sp³-hybridized carbons (Fsp3) is 0.400. The maximum Gasteiger partial charge on any atom is 0.0342 e. The Morgan fingerprint density at radius 1 is 0.300 bits per heavy atom. The average Bonchev–Trinajstić information content (AvgIpc) is 3.02. The zero-order valence-electron chi connectivity index (χ0n) is 33.5. The Morgan fingerprint density at radius 3 is 0.680 bits per heavy atom. The molecule has 5 aromatic carbocycles. The monoisotopic (exact) mass is 662 g/mol. The van der Waals surface area contributed by atoms with Crippen LogP contribution in [-0.4, -0.2) is 0 Å². The van der Waals surface area contributed by atoms with Gasteiger partial charge in [-0.05, 0) is 102 Å². The van der Waals surface area contributed by atoms with Crippen LogP contribution in [0.25, 0.3) is 0 Å². The summed E-state index contributed by atoms with van der Waals surface area (Å²) in [5.41, 5.74) is 16.6. The van der Waals surface area contributed by atoms with Gasteiger partial charge in [0.1, 0.15) is 0 Å². The fourth-order valence-electron chi connectivity index (χ4n) is 7.31. The Balaban J connectivity index is 1.74. The Morgan fingerprint density at radius 2 is 0.500 bits per heavy atom. The Labute approximate surface area is 305 Å². The molecule has 0 amide bonds. The van der Waals surface area contributed by atoms with Crippen LogP contribution in [0.4, 0.5) is 0 Å². The van der Waals surface area contributed by atoms with Gasteiger partial charge in [-0.25, -0.2) is 0 Å². The first-order valence-electron chi connectivity index (χ1n) is 18.7. The van der Waals surface area contributed by atoms with Crippen molar-refractivity contribution >= 4 is 0 Å². The molecule has 0 aliphatic carbocycles. The van der Waals surface area contributed by atoms with Crippen LogP contribution in [0.2, 0.25) is 0 Å². The van der Waals surface area contributed by atoms with E-state index in [0.717, 1.165) is 0 Å². The van der Waals surface area contributed by atoms with Crippen molar-refractivity contribution in [2.24, 2.45) is 0 Å². The minimum atomic E-state index is 0.105. The van der Waals surface area contributed by atoms with Crippen molar-refractivity contribution in [1.82, 2.24) is 0 Å². The smallest absolute Gasteiger partial charge is 0.0342 e. The van der Waals surface area contributed by atoms with Crippen molar-refractivity contribution in [2.45, 2.75) is 130 Å². The van der Waals surface area contributed by atoms with E-state index in [0.29, 0.717) is 0 Å². The van der Waals surface area contributed by atoms with Gasteiger partial charge < -0.3 is 0 Å². The minimum Gasteiger partial charge on any atom is -0.0582 e. The van der Waals surface area contributed by atoms with Crippen molar-refractivity contribution in [3.63, 3.8) is 0 Å². The van der Waals surface area contributed by atoms with E-state index in [1.54, 1.807) is 0 Å². The van der Waals surface area contributed by atoms with E-state index < -0.39 is 0 Å². The average molecular weight is 663 g/mol. The molecule has 0 bridgehead atoms. The van der Waals surface area contributed by atoms with Crippen LogP contribution in [-0.2, 0) is 21.7 Å². The lowest BCUT2D eigenvalue weighted by atomic mass is 9.75. The zero-order valence-corrected chi connectivity index (χ0v) is 33.5. The molecule has 0 radical (unpaired) electrons. The van der Waals surface area contributed by atoms with Gasteiger partial charge in [0.15, 0.2) is 0 Å². The van der Waals surface area contributed by atoms with Crippen molar-refractivity contribution in [1.29, 1.82) is 0 Å². The van der Waals surface area contributed by atoms with Crippen molar-refractivity contribution in [3.8, 4) is 0 Å². The van der Waals surface area contributed by atoms with Crippen LogP contribution < -0.4 is 0 Å².